The largest absolute Gasteiger partial charge is 0.496 e. The van der Waals surface area contributed by atoms with Gasteiger partial charge in [-0.3, -0.25) is 4.90 Å². The standard InChI is InChI=1S/C21H30N4O2/c1-3-22-21(23-15-17-9-8-14-27-17)24-16-19(25-12-6-7-13-25)18-10-4-5-11-20(18)26-2/h4-5,8-11,14,19H,3,6-7,12-13,15-16H2,1-2H3,(H2,22,23,24). The van der Waals surface area contributed by atoms with E-state index in [9.17, 15) is 0 Å². The van der Waals surface area contributed by atoms with Crippen LogP contribution in [0.4, 0.5) is 0 Å². The Labute approximate surface area is 161 Å². The molecular weight excluding hydrogens is 340 g/mol. The highest BCUT2D eigenvalue weighted by molar-refractivity contribution is 5.79. The molecule has 2 N–H and O–H groups in total. The Morgan fingerprint density at radius 1 is 1.19 bits per heavy atom. The van der Waals surface area contributed by atoms with Crippen molar-refractivity contribution in [3.05, 3.63) is 54.0 Å². The van der Waals surface area contributed by atoms with E-state index in [2.05, 4.69) is 39.6 Å². The molecule has 0 spiro atoms. The molecule has 0 amide bonds. The molecule has 3 rings (SSSR count). The number of benzene rings is 1. The molecule has 1 aromatic heterocycles. The number of hydrogen-bond acceptors (Lipinski definition) is 4. The predicted octanol–water partition coefficient (Wildman–Crippen LogP) is 3.18. The first-order valence-electron chi connectivity index (χ1n) is 9.73. The number of likely N-dealkylation sites (tertiary alicyclic amines) is 1. The fraction of sp³-hybridized carbons (Fsp3) is 0.476. The lowest BCUT2D eigenvalue weighted by molar-refractivity contribution is 0.239. The maximum atomic E-state index is 5.62. The maximum Gasteiger partial charge on any atom is 0.191 e. The number of furan rings is 1. The maximum absolute atomic E-state index is 5.62. The summed E-state index contributed by atoms with van der Waals surface area (Å²) >= 11 is 0. The molecule has 27 heavy (non-hydrogen) atoms. The van der Waals surface area contributed by atoms with Crippen LogP contribution in [0.2, 0.25) is 0 Å². The van der Waals surface area contributed by atoms with Crippen molar-refractivity contribution in [1.82, 2.24) is 15.5 Å². The fourth-order valence-electron chi connectivity index (χ4n) is 3.53. The summed E-state index contributed by atoms with van der Waals surface area (Å²) < 4.78 is 11.0. The summed E-state index contributed by atoms with van der Waals surface area (Å²) in [5.41, 5.74) is 1.22. The van der Waals surface area contributed by atoms with Gasteiger partial charge in [0.2, 0.25) is 0 Å². The number of ether oxygens (including phenoxy) is 1. The van der Waals surface area contributed by atoms with Crippen molar-refractivity contribution in [2.24, 2.45) is 4.99 Å². The molecule has 1 fully saturated rings. The molecular formula is C21H30N4O2. The summed E-state index contributed by atoms with van der Waals surface area (Å²) in [5.74, 6) is 2.59. The second-order valence-electron chi connectivity index (χ2n) is 6.66. The van der Waals surface area contributed by atoms with Gasteiger partial charge in [-0.25, -0.2) is 4.99 Å². The second kappa shape index (κ2) is 10.0. The van der Waals surface area contributed by atoms with Crippen LogP contribution in [-0.4, -0.2) is 44.1 Å². The first kappa shape index (κ1) is 19.3. The minimum Gasteiger partial charge on any atom is -0.496 e. The van der Waals surface area contributed by atoms with Gasteiger partial charge in [0.1, 0.15) is 18.1 Å². The minimum atomic E-state index is 0.246. The molecule has 1 aliphatic rings. The molecule has 6 nitrogen and oxygen atoms in total. The lowest BCUT2D eigenvalue weighted by Crippen LogP contribution is -2.42. The Hall–Kier alpha value is -2.47. The molecule has 0 saturated carbocycles. The summed E-state index contributed by atoms with van der Waals surface area (Å²) in [6, 6.07) is 12.4. The topological polar surface area (TPSA) is 62.0 Å². The summed E-state index contributed by atoms with van der Waals surface area (Å²) in [5, 5.41) is 6.83. The molecule has 0 bridgehead atoms. The summed E-state index contributed by atoms with van der Waals surface area (Å²) in [6.45, 7) is 6.40. The van der Waals surface area contributed by atoms with Gasteiger partial charge < -0.3 is 19.8 Å². The van der Waals surface area contributed by atoms with Crippen LogP contribution in [0.25, 0.3) is 0 Å². The van der Waals surface area contributed by atoms with Gasteiger partial charge in [0, 0.05) is 18.7 Å². The Morgan fingerprint density at radius 3 is 2.70 bits per heavy atom. The fourth-order valence-corrected chi connectivity index (χ4v) is 3.53. The highest BCUT2D eigenvalue weighted by atomic mass is 16.5. The van der Waals surface area contributed by atoms with Gasteiger partial charge in [-0.05, 0) is 51.1 Å². The van der Waals surface area contributed by atoms with E-state index < -0.39 is 0 Å². The van der Waals surface area contributed by atoms with E-state index in [-0.39, 0.29) is 6.04 Å². The zero-order chi connectivity index (χ0) is 18.9. The molecule has 1 unspecified atom stereocenters. The lowest BCUT2D eigenvalue weighted by atomic mass is 10.0. The lowest BCUT2D eigenvalue weighted by Gasteiger charge is -2.30. The first-order valence-corrected chi connectivity index (χ1v) is 9.73. The molecule has 1 aliphatic heterocycles. The van der Waals surface area contributed by atoms with Crippen LogP contribution in [0.15, 0.2) is 52.1 Å². The molecule has 2 aromatic rings. The van der Waals surface area contributed by atoms with Gasteiger partial charge in [0.05, 0.1) is 19.4 Å². The average molecular weight is 370 g/mol. The number of para-hydroxylation sites is 1. The van der Waals surface area contributed by atoms with Crippen LogP contribution in [0, 0.1) is 0 Å². The van der Waals surface area contributed by atoms with Crippen molar-refractivity contribution < 1.29 is 9.15 Å². The molecule has 0 aliphatic carbocycles. The van der Waals surface area contributed by atoms with Gasteiger partial charge in [0.25, 0.3) is 0 Å². The van der Waals surface area contributed by atoms with E-state index in [0.717, 1.165) is 43.6 Å². The van der Waals surface area contributed by atoms with E-state index >= 15 is 0 Å². The number of hydrogen-bond donors (Lipinski definition) is 2. The van der Waals surface area contributed by atoms with Crippen LogP contribution in [0.1, 0.15) is 37.1 Å². The van der Waals surface area contributed by atoms with Gasteiger partial charge in [0.15, 0.2) is 5.96 Å². The third kappa shape index (κ3) is 5.26. The number of guanidine groups is 1. The highest BCUT2D eigenvalue weighted by Crippen LogP contribution is 2.31. The molecule has 0 radical (unpaired) electrons. The summed E-state index contributed by atoms with van der Waals surface area (Å²) in [7, 11) is 1.74. The summed E-state index contributed by atoms with van der Waals surface area (Å²) in [6.07, 6.45) is 4.17. The Kier molecular flexibility index (Phi) is 7.16. The van der Waals surface area contributed by atoms with Crippen LogP contribution in [0.3, 0.4) is 0 Å². The smallest absolute Gasteiger partial charge is 0.191 e. The Balaban J connectivity index is 1.73. The van der Waals surface area contributed by atoms with E-state index in [4.69, 9.17) is 9.15 Å². The first-order chi connectivity index (χ1) is 13.3. The SMILES string of the molecule is CCNC(=NCc1ccco1)NCC(c1ccccc1OC)N1CCCC1. The molecule has 2 heterocycles. The predicted molar refractivity (Wildman–Crippen MR) is 108 cm³/mol. The third-order valence-corrected chi connectivity index (χ3v) is 4.86. The molecule has 1 saturated heterocycles. The van der Waals surface area contributed by atoms with E-state index in [1.807, 2.05) is 24.3 Å². The normalized spacial score (nSPS) is 16.3. The van der Waals surface area contributed by atoms with E-state index in [1.165, 1.54) is 18.4 Å². The molecule has 6 heteroatoms. The number of nitrogens with zero attached hydrogens (tertiary/aromatic N) is 2. The molecule has 1 atom stereocenters. The molecule has 1 aromatic carbocycles. The average Bonchev–Trinajstić information content (AvgIpc) is 3.41. The second-order valence-corrected chi connectivity index (χ2v) is 6.66. The van der Waals surface area contributed by atoms with Crippen molar-refractivity contribution >= 4 is 5.96 Å². The van der Waals surface area contributed by atoms with E-state index in [0.29, 0.717) is 6.54 Å². The van der Waals surface area contributed by atoms with Crippen LogP contribution in [0.5, 0.6) is 5.75 Å². The number of nitrogens with one attached hydrogen (secondary N) is 2. The minimum absolute atomic E-state index is 0.246. The monoisotopic (exact) mass is 370 g/mol. The highest BCUT2D eigenvalue weighted by Gasteiger charge is 2.26. The van der Waals surface area contributed by atoms with Crippen molar-refractivity contribution in [2.75, 3.05) is 33.3 Å². The van der Waals surface area contributed by atoms with Gasteiger partial charge in [-0.15, -0.1) is 0 Å². The zero-order valence-electron chi connectivity index (χ0n) is 16.3. The zero-order valence-corrected chi connectivity index (χ0v) is 16.3. The Bertz CT molecular complexity index is 709. The van der Waals surface area contributed by atoms with Gasteiger partial charge in [-0.2, -0.15) is 0 Å². The van der Waals surface area contributed by atoms with Gasteiger partial charge in [-0.1, -0.05) is 18.2 Å². The van der Waals surface area contributed by atoms with Crippen molar-refractivity contribution in [3.63, 3.8) is 0 Å². The van der Waals surface area contributed by atoms with Crippen LogP contribution < -0.4 is 15.4 Å². The van der Waals surface area contributed by atoms with Crippen molar-refractivity contribution in [1.29, 1.82) is 0 Å². The van der Waals surface area contributed by atoms with Crippen LogP contribution in [-0.2, 0) is 6.54 Å². The van der Waals surface area contributed by atoms with Crippen LogP contribution >= 0.6 is 0 Å². The number of rotatable bonds is 8. The molecule has 146 valence electrons. The quantitative estimate of drug-likeness (QED) is 0.552. The van der Waals surface area contributed by atoms with Gasteiger partial charge >= 0.3 is 0 Å². The third-order valence-electron chi connectivity index (χ3n) is 4.86. The number of aliphatic imine (C=N–C) groups is 1. The number of methoxy groups -OCH3 is 1. The van der Waals surface area contributed by atoms with Crippen molar-refractivity contribution in [3.8, 4) is 5.75 Å². The van der Waals surface area contributed by atoms with Crippen molar-refractivity contribution in [2.45, 2.75) is 32.4 Å². The van der Waals surface area contributed by atoms with E-state index in [1.54, 1.807) is 13.4 Å². The Morgan fingerprint density at radius 2 is 2.00 bits per heavy atom. The summed E-state index contributed by atoms with van der Waals surface area (Å²) in [4.78, 5) is 7.17.